The fourth-order valence-electron chi connectivity index (χ4n) is 2.71. The highest BCUT2D eigenvalue weighted by molar-refractivity contribution is 9.10. The maximum absolute atomic E-state index is 12.3. The van der Waals surface area contributed by atoms with Gasteiger partial charge in [-0.2, -0.15) is 0 Å². The number of nitrogens with one attached hydrogen (secondary N) is 2. The van der Waals surface area contributed by atoms with Crippen LogP contribution in [-0.4, -0.2) is 36.1 Å². The number of hydrogen-bond acceptors (Lipinski definition) is 5. The lowest BCUT2D eigenvalue weighted by molar-refractivity contribution is 0.0952. The zero-order valence-electron chi connectivity index (χ0n) is 15.3. The average molecular weight is 429 g/mol. The summed E-state index contributed by atoms with van der Waals surface area (Å²) < 4.78 is 5.91. The zero-order valence-corrected chi connectivity index (χ0v) is 16.8. The Morgan fingerprint density at radius 1 is 1.15 bits per heavy atom. The molecule has 0 bridgehead atoms. The van der Waals surface area contributed by atoms with Gasteiger partial charge in [-0.15, -0.1) is 0 Å². The molecule has 0 unspecified atom stereocenters. The van der Waals surface area contributed by atoms with E-state index in [1.54, 1.807) is 31.6 Å². The summed E-state index contributed by atoms with van der Waals surface area (Å²) in [6, 6.07) is 11.4. The first-order valence-corrected chi connectivity index (χ1v) is 9.45. The highest BCUT2D eigenvalue weighted by Crippen LogP contribution is 2.22. The maximum Gasteiger partial charge on any atom is 0.252 e. The summed E-state index contributed by atoms with van der Waals surface area (Å²) in [5, 5.41) is 7.25. The van der Waals surface area contributed by atoms with Crippen molar-refractivity contribution in [2.75, 3.05) is 25.5 Å². The quantitative estimate of drug-likeness (QED) is 0.557. The standard InChI is InChI=1S/C20H21BrN4O2/c1-13-4-7-18-16(10-13)19(25-12-24-18)22-8-3-9-23-20(26)15-11-14(27-2)5-6-17(15)21/h4-7,10-12H,3,8-9H2,1-2H3,(H,23,26)(H,22,24,25). The third-order valence-corrected chi connectivity index (χ3v) is 4.83. The fraction of sp³-hybridized carbons (Fsp3) is 0.250. The van der Waals surface area contributed by atoms with Crippen molar-refractivity contribution in [1.29, 1.82) is 0 Å². The van der Waals surface area contributed by atoms with Crippen LogP contribution in [0, 0.1) is 6.92 Å². The number of aromatic nitrogens is 2. The van der Waals surface area contributed by atoms with Gasteiger partial charge < -0.3 is 15.4 Å². The number of carbonyl (C=O) groups is 1. The van der Waals surface area contributed by atoms with Gasteiger partial charge in [0.25, 0.3) is 5.91 Å². The molecule has 0 spiro atoms. The van der Waals surface area contributed by atoms with Gasteiger partial charge in [-0.05, 0) is 59.6 Å². The molecule has 0 saturated carbocycles. The third kappa shape index (κ3) is 4.74. The van der Waals surface area contributed by atoms with Gasteiger partial charge in [-0.25, -0.2) is 9.97 Å². The molecule has 7 heteroatoms. The van der Waals surface area contributed by atoms with Crippen LogP contribution in [0.25, 0.3) is 10.9 Å². The van der Waals surface area contributed by atoms with E-state index in [0.717, 1.165) is 33.2 Å². The van der Waals surface area contributed by atoms with E-state index < -0.39 is 0 Å². The maximum atomic E-state index is 12.3. The van der Waals surface area contributed by atoms with Crippen LogP contribution in [0.4, 0.5) is 5.82 Å². The number of ether oxygens (including phenoxy) is 1. The SMILES string of the molecule is COc1ccc(Br)c(C(=O)NCCCNc2ncnc3ccc(C)cc23)c1. The van der Waals surface area contributed by atoms with Crippen molar-refractivity contribution >= 4 is 38.6 Å². The number of benzene rings is 2. The molecule has 1 heterocycles. The normalized spacial score (nSPS) is 10.6. The molecule has 6 nitrogen and oxygen atoms in total. The van der Waals surface area contributed by atoms with Crippen LogP contribution >= 0.6 is 15.9 Å². The van der Waals surface area contributed by atoms with E-state index >= 15 is 0 Å². The number of nitrogens with zero attached hydrogens (tertiary/aromatic N) is 2. The molecule has 0 aliphatic heterocycles. The van der Waals surface area contributed by atoms with E-state index in [1.165, 1.54) is 0 Å². The number of methoxy groups -OCH3 is 1. The summed E-state index contributed by atoms with van der Waals surface area (Å²) in [4.78, 5) is 21.0. The van der Waals surface area contributed by atoms with Crippen molar-refractivity contribution < 1.29 is 9.53 Å². The number of carbonyl (C=O) groups excluding carboxylic acids is 1. The first-order chi connectivity index (χ1) is 13.1. The molecule has 2 N–H and O–H groups in total. The van der Waals surface area contributed by atoms with Crippen LogP contribution in [0.2, 0.25) is 0 Å². The average Bonchev–Trinajstić information content (AvgIpc) is 2.68. The predicted molar refractivity (Wildman–Crippen MR) is 110 cm³/mol. The van der Waals surface area contributed by atoms with Crippen molar-refractivity contribution in [3.63, 3.8) is 0 Å². The van der Waals surface area contributed by atoms with Gasteiger partial charge in [0, 0.05) is 22.9 Å². The van der Waals surface area contributed by atoms with E-state index in [4.69, 9.17) is 4.74 Å². The Labute approximate surface area is 166 Å². The molecule has 1 amide bonds. The topological polar surface area (TPSA) is 76.1 Å². The largest absolute Gasteiger partial charge is 0.497 e. The smallest absolute Gasteiger partial charge is 0.252 e. The Morgan fingerprint density at radius 3 is 2.81 bits per heavy atom. The molecule has 0 aliphatic carbocycles. The number of rotatable bonds is 7. The van der Waals surface area contributed by atoms with E-state index in [0.29, 0.717) is 24.4 Å². The Balaban J connectivity index is 1.53. The lowest BCUT2D eigenvalue weighted by atomic mass is 10.1. The van der Waals surface area contributed by atoms with E-state index in [1.807, 2.05) is 19.1 Å². The van der Waals surface area contributed by atoms with Gasteiger partial charge in [0.2, 0.25) is 0 Å². The number of halogens is 1. The first-order valence-electron chi connectivity index (χ1n) is 8.65. The summed E-state index contributed by atoms with van der Waals surface area (Å²) in [7, 11) is 1.58. The number of hydrogen-bond donors (Lipinski definition) is 2. The van der Waals surface area contributed by atoms with Crippen LogP contribution in [0.3, 0.4) is 0 Å². The molecule has 0 atom stereocenters. The molecule has 140 valence electrons. The van der Waals surface area contributed by atoms with E-state index in [-0.39, 0.29) is 5.91 Å². The van der Waals surface area contributed by atoms with Crippen LogP contribution in [-0.2, 0) is 0 Å². The minimum atomic E-state index is -0.135. The van der Waals surface area contributed by atoms with Crippen LogP contribution in [0.15, 0.2) is 47.2 Å². The molecule has 0 radical (unpaired) electrons. The molecule has 0 fully saturated rings. The van der Waals surface area contributed by atoms with E-state index in [9.17, 15) is 4.79 Å². The molecule has 2 aromatic carbocycles. The number of amides is 1. The lowest BCUT2D eigenvalue weighted by Crippen LogP contribution is -2.26. The monoisotopic (exact) mass is 428 g/mol. The Bertz CT molecular complexity index is 962. The Hall–Kier alpha value is -2.67. The first kappa shape index (κ1) is 19.1. The molecule has 0 aliphatic rings. The van der Waals surface area contributed by atoms with Gasteiger partial charge in [0.1, 0.15) is 17.9 Å². The summed E-state index contributed by atoms with van der Waals surface area (Å²) >= 11 is 3.40. The number of fused-ring (bicyclic) bond motifs is 1. The minimum Gasteiger partial charge on any atom is -0.497 e. The molecule has 27 heavy (non-hydrogen) atoms. The highest BCUT2D eigenvalue weighted by atomic mass is 79.9. The predicted octanol–water partition coefficient (Wildman–Crippen LogP) is 3.94. The van der Waals surface area contributed by atoms with Crippen LogP contribution in [0.1, 0.15) is 22.3 Å². The molecule has 3 aromatic rings. The van der Waals surface area contributed by atoms with E-state index in [2.05, 4.69) is 42.6 Å². The van der Waals surface area contributed by atoms with Gasteiger partial charge in [0.15, 0.2) is 0 Å². The van der Waals surface area contributed by atoms with Crippen LogP contribution < -0.4 is 15.4 Å². The molecular weight excluding hydrogens is 408 g/mol. The molecular formula is C20H21BrN4O2. The van der Waals surface area contributed by atoms with Gasteiger partial charge in [-0.3, -0.25) is 4.79 Å². The summed E-state index contributed by atoms with van der Waals surface area (Å²) in [6.07, 6.45) is 2.33. The molecule has 3 rings (SSSR count). The summed E-state index contributed by atoms with van der Waals surface area (Å²) in [5.41, 5.74) is 2.63. The Morgan fingerprint density at radius 2 is 2.00 bits per heavy atom. The second-order valence-electron chi connectivity index (χ2n) is 6.12. The number of anilines is 1. The lowest BCUT2D eigenvalue weighted by Gasteiger charge is -2.10. The second-order valence-corrected chi connectivity index (χ2v) is 6.98. The molecule has 0 saturated heterocycles. The van der Waals surface area contributed by atoms with Gasteiger partial charge in [0.05, 0.1) is 18.2 Å². The van der Waals surface area contributed by atoms with Crippen molar-refractivity contribution in [3.05, 3.63) is 58.3 Å². The summed E-state index contributed by atoms with van der Waals surface area (Å²) in [5.74, 6) is 1.32. The second kappa shape index (κ2) is 8.81. The number of aryl methyl sites for hydroxylation is 1. The zero-order chi connectivity index (χ0) is 19.2. The minimum absolute atomic E-state index is 0.135. The van der Waals surface area contributed by atoms with Gasteiger partial charge >= 0.3 is 0 Å². The van der Waals surface area contributed by atoms with Crippen molar-refractivity contribution in [3.8, 4) is 5.75 Å². The van der Waals surface area contributed by atoms with Crippen molar-refractivity contribution in [1.82, 2.24) is 15.3 Å². The van der Waals surface area contributed by atoms with Crippen molar-refractivity contribution in [2.45, 2.75) is 13.3 Å². The molecule has 1 aromatic heterocycles. The van der Waals surface area contributed by atoms with Crippen molar-refractivity contribution in [2.24, 2.45) is 0 Å². The fourth-order valence-corrected chi connectivity index (χ4v) is 3.14. The van der Waals surface area contributed by atoms with Crippen LogP contribution in [0.5, 0.6) is 5.75 Å². The highest BCUT2D eigenvalue weighted by Gasteiger charge is 2.11. The van der Waals surface area contributed by atoms with Gasteiger partial charge in [-0.1, -0.05) is 11.6 Å². The summed E-state index contributed by atoms with van der Waals surface area (Å²) in [6.45, 7) is 3.29. The Kier molecular flexibility index (Phi) is 6.24. The third-order valence-electron chi connectivity index (χ3n) is 4.14.